The number of hydrogen-bond donors (Lipinski definition) is 2. The van der Waals surface area contributed by atoms with E-state index < -0.39 is 0 Å². The van der Waals surface area contributed by atoms with Crippen LogP contribution in [0.3, 0.4) is 0 Å². The average molecular weight is 244 g/mol. The molecule has 0 aliphatic carbocycles. The number of nitriles is 1. The van der Waals surface area contributed by atoms with E-state index >= 15 is 0 Å². The van der Waals surface area contributed by atoms with Crippen molar-refractivity contribution in [3.63, 3.8) is 0 Å². The van der Waals surface area contributed by atoms with E-state index in [0.29, 0.717) is 18.2 Å². The summed E-state index contributed by atoms with van der Waals surface area (Å²) < 4.78 is 0. The molecule has 0 bridgehead atoms. The topological polar surface area (TPSA) is 60.2 Å². The molecule has 4 heteroatoms. The number of hydrogen-bond acceptors (Lipinski definition) is 2. The van der Waals surface area contributed by atoms with Crippen LogP contribution in [0.4, 0.5) is 0 Å². The molecule has 1 unspecified atom stereocenters. The van der Waals surface area contributed by atoms with Crippen molar-refractivity contribution in [2.75, 3.05) is 7.05 Å². The van der Waals surface area contributed by atoms with Crippen LogP contribution in [0, 0.1) is 11.3 Å². The summed E-state index contributed by atoms with van der Waals surface area (Å²) >= 11 is 0. The highest BCUT2D eigenvalue weighted by Crippen LogP contribution is 2.02. The molecule has 4 nitrogen and oxygen atoms in total. The van der Waals surface area contributed by atoms with Crippen molar-refractivity contribution in [1.29, 1.82) is 5.26 Å². The van der Waals surface area contributed by atoms with Crippen LogP contribution in [0.2, 0.25) is 0 Å². The first-order valence-electron chi connectivity index (χ1n) is 6.15. The lowest BCUT2D eigenvalue weighted by Gasteiger charge is -2.16. The molecule has 1 atom stereocenters. The zero-order valence-corrected chi connectivity index (χ0v) is 11.2. The van der Waals surface area contributed by atoms with Gasteiger partial charge in [-0.05, 0) is 31.0 Å². The van der Waals surface area contributed by atoms with Crippen LogP contribution < -0.4 is 10.6 Å². The van der Waals surface area contributed by atoms with Gasteiger partial charge < -0.3 is 10.6 Å². The molecule has 0 aliphatic heterocycles. The summed E-state index contributed by atoms with van der Waals surface area (Å²) in [5.41, 5.74) is 1.81. The Morgan fingerprint density at radius 3 is 2.56 bits per heavy atom. The van der Waals surface area contributed by atoms with E-state index in [2.05, 4.69) is 35.5 Å². The molecule has 0 spiro atoms. The Bertz CT molecular complexity index is 428. The molecule has 1 rings (SSSR count). The SMILES string of the molecule is CCC(C)NC(=NC)NCc1ccc(C#N)cc1. The molecule has 0 fully saturated rings. The molecule has 0 saturated heterocycles. The molecule has 0 aliphatic rings. The van der Waals surface area contributed by atoms with Crippen molar-refractivity contribution in [3.05, 3.63) is 35.4 Å². The van der Waals surface area contributed by atoms with Gasteiger partial charge in [0.05, 0.1) is 11.6 Å². The Kier molecular flexibility index (Phi) is 5.72. The predicted molar refractivity (Wildman–Crippen MR) is 74.2 cm³/mol. The van der Waals surface area contributed by atoms with Crippen LogP contribution in [0.1, 0.15) is 31.4 Å². The second-order valence-electron chi connectivity index (χ2n) is 4.19. The molecule has 1 aromatic carbocycles. The highest BCUT2D eigenvalue weighted by Gasteiger charge is 2.02. The molecular formula is C14H20N4. The van der Waals surface area contributed by atoms with Gasteiger partial charge in [0.25, 0.3) is 0 Å². The maximum Gasteiger partial charge on any atom is 0.191 e. The molecule has 1 aromatic rings. The van der Waals surface area contributed by atoms with E-state index in [0.717, 1.165) is 17.9 Å². The summed E-state index contributed by atoms with van der Waals surface area (Å²) in [5.74, 6) is 0.800. The lowest BCUT2D eigenvalue weighted by Crippen LogP contribution is -2.41. The second kappa shape index (κ2) is 7.33. The quantitative estimate of drug-likeness (QED) is 0.629. The molecule has 0 heterocycles. The van der Waals surface area contributed by atoms with E-state index in [9.17, 15) is 0 Å². The Morgan fingerprint density at radius 2 is 2.06 bits per heavy atom. The first-order valence-corrected chi connectivity index (χ1v) is 6.15. The molecule has 0 aromatic heterocycles. The fraction of sp³-hybridized carbons (Fsp3) is 0.429. The van der Waals surface area contributed by atoms with E-state index in [1.54, 1.807) is 7.05 Å². The first kappa shape index (κ1) is 14.0. The van der Waals surface area contributed by atoms with Crippen molar-refractivity contribution >= 4 is 5.96 Å². The molecule has 0 radical (unpaired) electrons. The van der Waals surface area contributed by atoms with Gasteiger partial charge in [-0.15, -0.1) is 0 Å². The van der Waals surface area contributed by atoms with Crippen LogP contribution >= 0.6 is 0 Å². The van der Waals surface area contributed by atoms with Gasteiger partial charge in [-0.1, -0.05) is 19.1 Å². The van der Waals surface area contributed by atoms with E-state index in [-0.39, 0.29) is 0 Å². The number of nitrogens with zero attached hydrogens (tertiary/aromatic N) is 2. The van der Waals surface area contributed by atoms with Gasteiger partial charge in [-0.3, -0.25) is 4.99 Å². The lowest BCUT2D eigenvalue weighted by atomic mass is 10.1. The van der Waals surface area contributed by atoms with Gasteiger partial charge in [0.15, 0.2) is 5.96 Å². The second-order valence-corrected chi connectivity index (χ2v) is 4.19. The van der Waals surface area contributed by atoms with E-state index in [1.165, 1.54) is 0 Å². The van der Waals surface area contributed by atoms with Gasteiger partial charge in [-0.2, -0.15) is 5.26 Å². The molecular weight excluding hydrogens is 224 g/mol. The van der Waals surface area contributed by atoms with Crippen molar-refractivity contribution in [3.8, 4) is 6.07 Å². The van der Waals surface area contributed by atoms with Crippen molar-refractivity contribution in [1.82, 2.24) is 10.6 Å². The zero-order chi connectivity index (χ0) is 13.4. The zero-order valence-electron chi connectivity index (χ0n) is 11.2. The monoisotopic (exact) mass is 244 g/mol. The first-order chi connectivity index (χ1) is 8.69. The van der Waals surface area contributed by atoms with Crippen molar-refractivity contribution in [2.24, 2.45) is 4.99 Å². The summed E-state index contributed by atoms with van der Waals surface area (Å²) in [6.07, 6.45) is 1.05. The smallest absolute Gasteiger partial charge is 0.191 e. The minimum Gasteiger partial charge on any atom is -0.354 e. The summed E-state index contributed by atoms with van der Waals surface area (Å²) in [6.45, 7) is 4.95. The van der Waals surface area contributed by atoms with Gasteiger partial charge in [0.1, 0.15) is 0 Å². The molecule has 0 saturated carbocycles. The minimum atomic E-state index is 0.400. The third kappa shape index (κ3) is 4.46. The number of rotatable bonds is 4. The van der Waals surface area contributed by atoms with Crippen LogP contribution in [-0.2, 0) is 6.54 Å². The normalized spacial score (nSPS) is 12.7. The van der Waals surface area contributed by atoms with Crippen LogP contribution in [0.5, 0.6) is 0 Å². The average Bonchev–Trinajstić information content (AvgIpc) is 2.43. The standard InChI is InChI=1S/C14H20N4/c1-4-11(2)18-14(16-3)17-10-13-7-5-12(9-15)6-8-13/h5-8,11H,4,10H2,1-3H3,(H2,16,17,18). The van der Waals surface area contributed by atoms with Crippen molar-refractivity contribution < 1.29 is 0 Å². The Hall–Kier alpha value is -2.02. The molecule has 96 valence electrons. The fourth-order valence-corrected chi connectivity index (χ4v) is 1.41. The largest absolute Gasteiger partial charge is 0.354 e. The Morgan fingerprint density at radius 1 is 1.39 bits per heavy atom. The lowest BCUT2D eigenvalue weighted by molar-refractivity contribution is 0.624. The van der Waals surface area contributed by atoms with Crippen LogP contribution in [-0.4, -0.2) is 19.0 Å². The molecule has 0 amide bonds. The maximum absolute atomic E-state index is 8.72. The predicted octanol–water partition coefficient (Wildman–Crippen LogP) is 2.02. The molecule has 2 N–H and O–H groups in total. The van der Waals surface area contributed by atoms with Gasteiger partial charge >= 0.3 is 0 Å². The number of benzene rings is 1. The summed E-state index contributed by atoms with van der Waals surface area (Å²) in [5, 5.41) is 15.3. The van der Waals surface area contributed by atoms with Crippen LogP contribution in [0.15, 0.2) is 29.3 Å². The van der Waals surface area contributed by atoms with Gasteiger partial charge in [0.2, 0.25) is 0 Å². The summed E-state index contributed by atoms with van der Waals surface area (Å²) in [7, 11) is 1.76. The maximum atomic E-state index is 8.72. The third-order valence-electron chi connectivity index (χ3n) is 2.76. The van der Waals surface area contributed by atoms with Crippen molar-refractivity contribution in [2.45, 2.75) is 32.9 Å². The van der Waals surface area contributed by atoms with E-state index in [4.69, 9.17) is 5.26 Å². The van der Waals surface area contributed by atoms with Crippen LogP contribution in [0.25, 0.3) is 0 Å². The highest BCUT2D eigenvalue weighted by atomic mass is 15.2. The Labute approximate surface area is 109 Å². The minimum absolute atomic E-state index is 0.400. The molecule has 18 heavy (non-hydrogen) atoms. The summed E-state index contributed by atoms with van der Waals surface area (Å²) in [4.78, 5) is 4.17. The number of guanidine groups is 1. The van der Waals surface area contributed by atoms with Gasteiger partial charge in [-0.25, -0.2) is 0 Å². The number of aliphatic imine (C=N–C) groups is 1. The Balaban J connectivity index is 2.50. The highest BCUT2D eigenvalue weighted by molar-refractivity contribution is 5.79. The van der Waals surface area contributed by atoms with Gasteiger partial charge in [0, 0.05) is 19.6 Å². The van der Waals surface area contributed by atoms with E-state index in [1.807, 2.05) is 24.3 Å². The fourth-order valence-electron chi connectivity index (χ4n) is 1.41. The number of nitrogens with one attached hydrogen (secondary N) is 2. The summed E-state index contributed by atoms with van der Waals surface area (Å²) in [6, 6.07) is 10.0. The third-order valence-corrected chi connectivity index (χ3v) is 2.76.